The molecule has 0 fully saturated rings. The number of methoxy groups -OCH3 is 1. The van der Waals surface area contributed by atoms with Crippen molar-refractivity contribution < 1.29 is 23.9 Å². The van der Waals surface area contributed by atoms with Crippen LogP contribution in [0.2, 0.25) is 0 Å². The van der Waals surface area contributed by atoms with Gasteiger partial charge < -0.3 is 14.2 Å². The Morgan fingerprint density at radius 2 is 1.87 bits per heavy atom. The van der Waals surface area contributed by atoms with Crippen LogP contribution in [-0.2, 0) is 4.79 Å². The van der Waals surface area contributed by atoms with Gasteiger partial charge in [-0.15, -0.1) is 0 Å². The van der Waals surface area contributed by atoms with Crippen LogP contribution in [0.25, 0.3) is 6.08 Å². The molecule has 0 saturated carbocycles. The molecule has 8 nitrogen and oxygen atoms in total. The zero-order valence-corrected chi connectivity index (χ0v) is 17.5. The molecule has 31 heavy (non-hydrogen) atoms. The predicted octanol–water partition coefficient (Wildman–Crippen LogP) is 5.08. The lowest BCUT2D eigenvalue weighted by molar-refractivity contribution is -0.384. The van der Waals surface area contributed by atoms with Crippen molar-refractivity contribution in [3.8, 4) is 23.3 Å². The molecule has 0 atom stereocenters. The maximum absolute atomic E-state index is 12.3. The van der Waals surface area contributed by atoms with Gasteiger partial charge in [-0.1, -0.05) is 32.3 Å². The highest BCUT2D eigenvalue weighted by Crippen LogP contribution is 2.29. The van der Waals surface area contributed by atoms with Gasteiger partial charge in [-0.25, -0.2) is 4.79 Å². The number of nitriles is 1. The Kier molecular flexibility index (Phi) is 9.05. The molecular weight excluding hydrogens is 400 g/mol. The van der Waals surface area contributed by atoms with E-state index >= 15 is 0 Å². The number of esters is 1. The number of non-ortho nitro benzene ring substituents is 1. The van der Waals surface area contributed by atoms with E-state index in [4.69, 9.17) is 14.2 Å². The van der Waals surface area contributed by atoms with Crippen LogP contribution in [0, 0.1) is 21.4 Å². The van der Waals surface area contributed by atoms with Gasteiger partial charge in [-0.2, -0.15) is 5.26 Å². The number of hydrogen-bond acceptors (Lipinski definition) is 7. The number of hydrogen-bond donors (Lipinski definition) is 0. The highest BCUT2D eigenvalue weighted by atomic mass is 16.6. The van der Waals surface area contributed by atoms with Gasteiger partial charge in [-0.3, -0.25) is 10.1 Å². The second-order valence-electron chi connectivity index (χ2n) is 6.63. The Morgan fingerprint density at radius 1 is 1.13 bits per heavy atom. The summed E-state index contributed by atoms with van der Waals surface area (Å²) in [6, 6.07) is 11.9. The lowest BCUT2D eigenvalue weighted by Gasteiger charge is -2.11. The van der Waals surface area contributed by atoms with Gasteiger partial charge in [0.05, 0.1) is 18.6 Å². The van der Waals surface area contributed by atoms with E-state index in [1.165, 1.54) is 37.5 Å². The van der Waals surface area contributed by atoms with Crippen molar-refractivity contribution in [3.05, 3.63) is 63.7 Å². The van der Waals surface area contributed by atoms with E-state index in [1.807, 2.05) is 6.07 Å². The first-order chi connectivity index (χ1) is 15.0. The number of ether oxygens (including phenoxy) is 3. The van der Waals surface area contributed by atoms with Crippen molar-refractivity contribution in [1.29, 1.82) is 5.26 Å². The van der Waals surface area contributed by atoms with Crippen molar-refractivity contribution in [3.63, 3.8) is 0 Å². The van der Waals surface area contributed by atoms with Crippen LogP contribution in [-0.4, -0.2) is 24.6 Å². The Bertz CT molecular complexity index is 977. The van der Waals surface area contributed by atoms with Crippen LogP contribution in [0.15, 0.2) is 48.0 Å². The number of nitrogens with zero attached hydrogens (tertiary/aromatic N) is 2. The Labute approximate surface area is 180 Å². The molecule has 0 bridgehead atoms. The number of carbonyl (C=O) groups is 1. The third kappa shape index (κ3) is 7.16. The van der Waals surface area contributed by atoms with E-state index in [0.717, 1.165) is 25.7 Å². The normalized spacial score (nSPS) is 10.8. The summed E-state index contributed by atoms with van der Waals surface area (Å²) < 4.78 is 16.3. The standard InChI is InChI=1S/C23H24N2O6/c1-3-4-5-6-13-30-21-12-7-17(15-22(21)29-2)14-18(16-24)23(26)31-20-10-8-19(9-11-20)25(27)28/h7-12,14-15H,3-6,13H2,1-2H3/b18-14+. The van der Waals surface area contributed by atoms with E-state index in [-0.39, 0.29) is 17.0 Å². The number of unbranched alkanes of at least 4 members (excludes halogenated alkanes) is 3. The molecule has 0 saturated heterocycles. The van der Waals surface area contributed by atoms with Crippen LogP contribution >= 0.6 is 0 Å². The zero-order chi connectivity index (χ0) is 22.6. The number of nitro benzene ring substituents is 1. The van der Waals surface area contributed by atoms with E-state index < -0.39 is 10.9 Å². The molecule has 162 valence electrons. The smallest absolute Gasteiger partial charge is 0.354 e. The molecule has 0 amide bonds. The third-order valence-electron chi connectivity index (χ3n) is 4.35. The minimum Gasteiger partial charge on any atom is -0.493 e. The minimum atomic E-state index is -0.869. The Balaban J connectivity index is 2.09. The Hall–Kier alpha value is -3.86. The fourth-order valence-corrected chi connectivity index (χ4v) is 2.71. The second kappa shape index (κ2) is 12.0. The molecule has 2 aromatic carbocycles. The summed E-state index contributed by atoms with van der Waals surface area (Å²) >= 11 is 0. The first kappa shape index (κ1) is 23.4. The van der Waals surface area contributed by atoms with Crippen LogP contribution in [0.5, 0.6) is 17.2 Å². The molecule has 0 aliphatic carbocycles. The highest BCUT2D eigenvalue weighted by molar-refractivity contribution is 5.99. The summed E-state index contributed by atoms with van der Waals surface area (Å²) in [5.74, 6) is 0.307. The van der Waals surface area contributed by atoms with E-state index in [0.29, 0.717) is 23.7 Å². The molecule has 0 heterocycles. The van der Waals surface area contributed by atoms with Gasteiger partial charge in [0, 0.05) is 12.1 Å². The molecule has 8 heteroatoms. The first-order valence-corrected chi connectivity index (χ1v) is 9.87. The monoisotopic (exact) mass is 424 g/mol. The highest BCUT2D eigenvalue weighted by Gasteiger charge is 2.14. The summed E-state index contributed by atoms with van der Waals surface area (Å²) in [6.07, 6.45) is 5.74. The molecule has 0 N–H and O–H groups in total. The number of carbonyl (C=O) groups excluding carboxylic acids is 1. The lowest BCUT2D eigenvalue weighted by atomic mass is 10.1. The maximum Gasteiger partial charge on any atom is 0.354 e. The summed E-state index contributed by atoms with van der Waals surface area (Å²) in [5.41, 5.74) is 0.205. The average Bonchev–Trinajstić information content (AvgIpc) is 2.78. The van der Waals surface area contributed by atoms with Crippen molar-refractivity contribution >= 4 is 17.7 Å². The molecule has 0 spiro atoms. The second-order valence-corrected chi connectivity index (χ2v) is 6.63. The first-order valence-electron chi connectivity index (χ1n) is 9.87. The van der Waals surface area contributed by atoms with Gasteiger partial charge in [-0.05, 0) is 42.3 Å². The van der Waals surface area contributed by atoms with Gasteiger partial charge in [0.1, 0.15) is 17.4 Å². The number of benzene rings is 2. The van der Waals surface area contributed by atoms with E-state index in [1.54, 1.807) is 18.2 Å². The quantitative estimate of drug-likeness (QED) is 0.0941. The van der Waals surface area contributed by atoms with E-state index in [2.05, 4.69) is 6.92 Å². The molecule has 0 aliphatic rings. The van der Waals surface area contributed by atoms with Crippen LogP contribution < -0.4 is 14.2 Å². The molecule has 0 radical (unpaired) electrons. The largest absolute Gasteiger partial charge is 0.493 e. The average molecular weight is 424 g/mol. The molecule has 0 aliphatic heterocycles. The van der Waals surface area contributed by atoms with Crippen molar-refractivity contribution in [1.82, 2.24) is 0 Å². The van der Waals surface area contributed by atoms with Crippen LogP contribution in [0.3, 0.4) is 0 Å². The fourth-order valence-electron chi connectivity index (χ4n) is 2.71. The van der Waals surface area contributed by atoms with Gasteiger partial charge in [0.15, 0.2) is 11.5 Å². The summed E-state index contributed by atoms with van der Waals surface area (Å²) in [7, 11) is 1.51. The van der Waals surface area contributed by atoms with Crippen molar-refractivity contribution in [2.24, 2.45) is 0 Å². The van der Waals surface area contributed by atoms with Crippen molar-refractivity contribution in [2.45, 2.75) is 32.6 Å². The molecule has 0 unspecified atom stereocenters. The van der Waals surface area contributed by atoms with Crippen molar-refractivity contribution in [2.75, 3.05) is 13.7 Å². The van der Waals surface area contributed by atoms with E-state index in [9.17, 15) is 20.2 Å². The zero-order valence-electron chi connectivity index (χ0n) is 17.5. The summed E-state index contributed by atoms with van der Waals surface area (Å²) in [6.45, 7) is 2.73. The topological polar surface area (TPSA) is 112 Å². The van der Waals surface area contributed by atoms with Crippen LogP contribution in [0.4, 0.5) is 5.69 Å². The molecular formula is C23H24N2O6. The SMILES string of the molecule is CCCCCCOc1ccc(/C=C(\C#N)C(=O)Oc2ccc([N+](=O)[O-])cc2)cc1OC. The predicted molar refractivity (Wildman–Crippen MR) is 115 cm³/mol. The fraction of sp³-hybridized carbons (Fsp3) is 0.304. The number of nitro groups is 1. The molecule has 2 rings (SSSR count). The lowest BCUT2D eigenvalue weighted by Crippen LogP contribution is -2.10. The van der Waals surface area contributed by atoms with Crippen LogP contribution in [0.1, 0.15) is 38.2 Å². The van der Waals surface area contributed by atoms with Gasteiger partial charge in [0.25, 0.3) is 5.69 Å². The molecule has 0 aromatic heterocycles. The number of rotatable bonds is 11. The Morgan fingerprint density at radius 3 is 2.48 bits per heavy atom. The minimum absolute atomic E-state index is 0.0983. The van der Waals surface area contributed by atoms with Gasteiger partial charge >= 0.3 is 5.97 Å². The summed E-state index contributed by atoms with van der Waals surface area (Å²) in [5, 5.41) is 20.1. The molecule has 2 aromatic rings. The third-order valence-corrected chi connectivity index (χ3v) is 4.35. The van der Waals surface area contributed by atoms with Gasteiger partial charge in [0.2, 0.25) is 0 Å². The summed E-state index contributed by atoms with van der Waals surface area (Å²) in [4.78, 5) is 22.5. The maximum atomic E-state index is 12.3.